The first-order valence-corrected chi connectivity index (χ1v) is 16.8. The van der Waals surface area contributed by atoms with E-state index in [-0.39, 0.29) is 56.4 Å². The number of hydrogen-bond donors (Lipinski definition) is 0. The largest absolute Gasteiger partial charge is 4.00 e. The molecule has 0 N–H and O–H groups in total. The standard InChI is InChI=1S/C23H25.C21H23.2ClH.Zr/c1-16(2)17-10-12-19(13-11-17)22-9-5-8-20-14-21(15-23(20)22)18-6-3-4-7-18;1-5-15-13-17-7-6-8-19(20(17)14-15)16-9-11-18(12-10-16)21(2,3)4;;;/h5,8-16,18H,3-4,6-7H2,1-2H3;6-14H,5H2,1-4H3;2*1H;/q2*-1;;;+4/p-2. The van der Waals surface area contributed by atoms with E-state index in [4.69, 9.17) is 0 Å². The number of benzene rings is 4. The zero-order valence-corrected chi connectivity index (χ0v) is 32.8. The van der Waals surface area contributed by atoms with E-state index in [9.17, 15) is 0 Å². The Labute approximate surface area is 315 Å². The third-order valence-electron chi connectivity index (χ3n) is 9.77. The molecule has 1 fully saturated rings. The molecule has 1 aliphatic carbocycles. The monoisotopic (exact) mass is 736 g/mol. The van der Waals surface area contributed by atoms with Gasteiger partial charge in [0, 0.05) is 0 Å². The van der Waals surface area contributed by atoms with Gasteiger partial charge in [0.15, 0.2) is 0 Å². The molecule has 0 aliphatic heterocycles. The minimum absolute atomic E-state index is 0. The second-order valence-electron chi connectivity index (χ2n) is 14.2. The van der Waals surface area contributed by atoms with E-state index in [2.05, 4.69) is 151 Å². The van der Waals surface area contributed by atoms with Crippen molar-refractivity contribution in [2.75, 3.05) is 0 Å². The van der Waals surface area contributed by atoms with Crippen molar-refractivity contribution in [3.05, 3.63) is 131 Å². The van der Waals surface area contributed by atoms with E-state index in [1.54, 1.807) is 5.56 Å². The minimum atomic E-state index is 0. The van der Waals surface area contributed by atoms with Gasteiger partial charge in [0.1, 0.15) is 0 Å². The van der Waals surface area contributed by atoms with Gasteiger partial charge < -0.3 is 24.8 Å². The zero-order valence-electron chi connectivity index (χ0n) is 28.8. The fourth-order valence-electron chi connectivity index (χ4n) is 6.95. The van der Waals surface area contributed by atoms with Crippen molar-refractivity contribution < 1.29 is 51.0 Å². The minimum Gasteiger partial charge on any atom is -1.00 e. The molecule has 0 amide bonds. The molecule has 0 saturated heterocycles. The number of halogens is 2. The van der Waals surface area contributed by atoms with E-state index in [1.165, 1.54) is 86.2 Å². The van der Waals surface area contributed by atoms with Crippen molar-refractivity contribution in [2.45, 2.75) is 90.9 Å². The molecule has 0 unspecified atom stereocenters. The first-order valence-electron chi connectivity index (χ1n) is 16.8. The fraction of sp³-hybridized carbons (Fsp3) is 0.318. The molecule has 1 saturated carbocycles. The molecule has 0 nitrogen and oxygen atoms in total. The first-order chi connectivity index (χ1) is 21.2. The molecule has 0 heterocycles. The SMILES string of the molecule is CC(C)c1ccc(-c2cccc3[cH-]c(C4CCCC4)cc23)cc1.CCc1cc2c(-c3ccc(C(C)(C)C)cc3)cccc2[cH-]1.[Cl-].[Cl-].[Zr+4]. The molecule has 1 aliphatic rings. The van der Waals surface area contributed by atoms with Crippen molar-refractivity contribution in [1.82, 2.24) is 0 Å². The van der Waals surface area contributed by atoms with Crippen LogP contribution in [0.25, 0.3) is 43.8 Å². The van der Waals surface area contributed by atoms with Crippen LogP contribution in [0.4, 0.5) is 0 Å². The first kappa shape index (κ1) is 39.0. The molecule has 242 valence electrons. The van der Waals surface area contributed by atoms with Crippen LogP contribution in [-0.4, -0.2) is 0 Å². The van der Waals surface area contributed by atoms with Crippen LogP contribution in [0, 0.1) is 0 Å². The van der Waals surface area contributed by atoms with Crippen LogP contribution in [0.5, 0.6) is 0 Å². The van der Waals surface area contributed by atoms with Gasteiger partial charge in [-0.1, -0.05) is 126 Å². The maximum absolute atomic E-state index is 2.46. The summed E-state index contributed by atoms with van der Waals surface area (Å²) in [5.74, 6) is 1.38. The molecular formula is C44H48Cl2Zr. The molecule has 0 atom stereocenters. The Morgan fingerprint density at radius 2 is 1.19 bits per heavy atom. The van der Waals surface area contributed by atoms with Gasteiger partial charge in [0.2, 0.25) is 0 Å². The molecule has 0 radical (unpaired) electrons. The van der Waals surface area contributed by atoms with Crippen molar-refractivity contribution in [3.63, 3.8) is 0 Å². The van der Waals surface area contributed by atoms with Gasteiger partial charge in [-0.05, 0) is 58.8 Å². The average molecular weight is 739 g/mol. The number of fused-ring (bicyclic) bond motifs is 2. The normalized spacial score (nSPS) is 13.1. The van der Waals surface area contributed by atoms with Crippen molar-refractivity contribution in [1.29, 1.82) is 0 Å². The summed E-state index contributed by atoms with van der Waals surface area (Å²) in [6.07, 6.45) is 6.63. The summed E-state index contributed by atoms with van der Waals surface area (Å²) >= 11 is 0. The Morgan fingerprint density at radius 3 is 1.70 bits per heavy atom. The van der Waals surface area contributed by atoms with Gasteiger partial charge in [-0.2, -0.15) is 12.1 Å². The number of hydrogen-bond acceptors (Lipinski definition) is 0. The van der Waals surface area contributed by atoms with Crippen LogP contribution in [0.1, 0.15) is 101 Å². The quantitative estimate of drug-likeness (QED) is 0.166. The summed E-state index contributed by atoms with van der Waals surface area (Å²) in [7, 11) is 0. The molecule has 0 bridgehead atoms. The molecule has 6 aromatic carbocycles. The van der Waals surface area contributed by atoms with Crippen molar-refractivity contribution in [2.24, 2.45) is 0 Å². The summed E-state index contributed by atoms with van der Waals surface area (Å²) in [5.41, 5.74) is 11.3. The molecule has 0 aromatic heterocycles. The average Bonchev–Trinajstić information content (AvgIpc) is 3.80. The van der Waals surface area contributed by atoms with Crippen LogP contribution in [-0.2, 0) is 38.0 Å². The van der Waals surface area contributed by atoms with Gasteiger partial charge in [0.05, 0.1) is 0 Å². The van der Waals surface area contributed by atoms with Gasteiger partial charge in [0.25, 0.3) is 0 Å². The van der Waals surface area contributed by atoms with E-state index in [0.717, 1.165) is 12.3 Å². The Balaban J connectivity index is 0.000000241. The Morgan fingerprint density at radius 1 is 0.681 bits per heavy atom. The van der Waals surface area contributed by atoms with Gasteiger partial charge >= 0.3 is 26.2 Å². The summed E-state index contributed by atoms with van der Waals surface area (Å²) in [6, 6.07) is 41.0. The van der Waals surface area contributed by atoms with Crippen LogP contribution in [0.2, 0.25) is 0 Å². The van der Waals surface area contributed by atoms with E-state index >= 15 is 0 Å². The van der Waals surface area contributed by atoms with E-state index < -0.39 is 0 Å². The van der Waals surface area contributed by atoms with Gasteiger partial charge in [-0.25, -0.2) is 0 Å². The van der Waals surface area contributed by atoms with Gasteiger partial charge in [-0.3, -0.25) is 0 Å². The molecule has 0 spiro atoms. The van der Waals surface area contributed by atoms with E-state index in [0.29, 0.717) is 5.92 Å². The molecule has 47 heavy (non-hydrogen) atoms. The maximum Gasteiger partial charge on any atom is 4.00 e. The van der Waals surface area contributed by atoms with Crippen LogP contribution >= 0.6 is 0 Å². The molecule has 7 rings (SSSR count). The predicted molar refractivity (Wildman–Crippen MR) is 193 cm³/mol. The zero-order chi connectivity index (χ0) is 30.8. The van der Waals surface area contributed by atoms with Crippen molar-refractivity contribution in [3.8, 4) is 22.3 Å². The third-order valence-corrected chi connectivity index (χ3v) is 9.77. The molecule has 6 aromatic rings. The summed E-state index contributed by atoms with van der Waals surface area (Å²) in [4.78, 5) is 0. The van der Waals surface area contributed by atoms with Crippen LogP contribution < -0.4 is 24.8 Å². The van der Waals surface area contributed by atoms with Crippen LogP contribution in [0.15, 0.2) is 109 Å². The van der Waals surface area contributed by atoms with Crippen molar-refractivity contribution >= 4 is 21.5 Å². The molecular weight excluding hydrogens is 691 g/mol. The molecule has 3 heteroatoms. The summed E-state index contributed by atoms with van der Waals surface area (Å²) in [5, 5.41) is 5.55. The number of aryl methyl sites for hydroxylation is 1. The Kier molecular flexibility index (Phi) is 13.9. The van der Waals surface area contributed by atoms with Gasteiger partial charge in [-0.15, -0.1) is 69.1 Å². The maximum atomic E-state index is 2.46. The third kappa shape index (κ3) is 8.78. The summed E-state index contributed by atoms with van der Waals surface area (Å²) in [6.45, 7) is 13.5. The topological polar surface area (TPSA) is 0 Å². The Bertz CT molecular complexity index is 1840. The van der Waals surface area contributed by atoms with Crippen LogP contribution in [0.3, 0.4) is 0 Å². The summed E-state index contributed by atoms with van der Waals surface area (Å²) < 4.78 is 0. The predicted octanol–water partition coefficient (Wildman–Crippen LogP) is 7.10. The Hall–Kier alpha value is -2.44. The van der Waals surface area contributed by atoms with E-state index in [1.807, 2.05) is 0 Å². The smallest absolute Gasteiger partial charge is 1.00 e. The second-order valence-corrected chi connectivity index (χ2v) is 14.2. The second kappa shape index (κ2) is 16.8. The number of rotatable bonds is 5. The fourth-order valence-corrected chi connectivity index (χ4v) is 6.95.